The van der Waals surface area contributed by atoms with Crippen LogP contribution in [0.25, 0.3) is 11.3 Å². The molecule has 0 unspecified atom stereocenters. The average molecular weight is 432 g/mol. The third-order valence-corrected chi connectivity index (χ3v) is 5.38. The van der Waals surface area contributed by atoms with Gasteiger partial charge in [0.25, 0.3) is 5.91 Å². The molecular weight excluding hydrogens is 410 g/mol. The van der Waals surface area contributed by atoms with Crippen LogP contribution in [0.2, 0.25) is 0 Å². The van der Waals surface area contributed by atoms with Crippen molar-refractivity contribution in [1.82, 2.24) is 4.98 Å². The van der Waals surface area contributed by atoms with Gasteiger partial charge in [-0.1, -0.05) is 36.4 Å². The van der Waals surface area contributed by atoms with Crippen molar-refractivity contribution in [2.45, 2.75) is 0 Å². The fourth-order valence-electron chi connectivity index (χ4n) is 3.11. The highest BCUT2D eigenvalue weighted by atomic mass is 32.1. The molecule has 4 aromatic rings. The number of anilines is 3. The minimum absolute atomic E-state index is 0.230. The van der Waals surface area contributed by atoms with Gasteiger partial charge < -0.3 is 20.1 Å². The maximum absolute atomic E-state index is 12.7. The molecule has 6 nitrogen and oxygen atoms in total. The van der Waals surface area contributed by atoms with E-state index in [0.29, 0.717) is 17.0 Å². The first-order valence-electron chi connectivity index (χ1n) is 9.58. The van der Waals surface area contributed by atoms with E-state index in [-0.39, 0.29) is 5.91 Å². The lowest BCUT2D eigenvalue weighted by Crippen LogP contribution is -2.13. The Hall–Kier alpha value is -3.84. The molecule has 1 amide bonds. The van der Waals surface area contributed by atoms with E-state index in [4.69, 9.17) is 9.47 Å². The number of nitrogens with one attached hydrogen (secondary N) is 2. The largest absolute Gasteiger partial charge is 0.496 e. The molecular formula is C24H21N3O3S. The van der Waals surface area contributed by atoms with Crippen molar-refractivity contribution < 1.29 is 14.3 Å². The Bertz CT molecular complexity index is 1210. The number of aromatic nitrogens is 1. The third kappa shape index (κ3) is 4.67. The van der Waals surface area contributed by atoms with Crippen LogP contribution in [0.5, 0.6) is 11.5 Å². The standard InChI is InChI=1S/C24H21N3O3S/c1-29-21-12-5-3-10-18(21)23(28)25-17-9-7-8-16(14-17)20-15-31-24(27-20)26-19-11-4-6-13-22(19)30-2/h3-15H,1-2H3,(H,25,28)(H,26,27). The fraction of sp³-hybridized carbons (Fsp3) is 0.0833. The van der Waals surface area contributed by atoms with Gasteiger partial charge in [-0.3, -0.25) is 4.79 Å². The van der Waals surface area contributed by atoms with Gasteiger partial charge in [0.15, 0.2) is 5.13 Å². The highest BCUT2D eigenvalue weighted by Crippen LogP contribution is 2.32. The summed E-state index contributed by atoms with van der Waals surface area (Å²) >= 11 is 1.50. The smallest absolute Gasteiger partial charge is 0.259 e. The zero-order valence-electron chi connectivity index (χ0n) is 17.1. The van der Waals surface area contributed by atoms with Crippen molar-refractivity contribution in [3.63, 3.8) is 0 Å². The molecule has 0 radical (unpaired) electrons. The topological polar surface area (TPSA) is 72.5 Å². The summed E-state index contributed by atoms with van der Waals surface area (Å²) in [6, 6.07) is 22.4. The van der Waals surface area contributed by atoms with Gasteiger partial charge in [0.05, 0.1) is 31.2 Å². The van der Waals surface area contributed by atoms with Crippen LogP contribution in [0.15, 0.2) is 78.2 Å². The minimum Gasteiger partial charge on any atom is -0.496 e. The molecule has 0 saturated carbocycles. The summed E-state index contributed by atoms with van der Waals surface area (Å²) in [4.78, 5) is 17.4. The SMILES string of the molecule is COc1ccccc1Nc1nc(-c2cccc(NC(=O)c3ccccc3OC)c2)cs1. The molecule has 31 heavy (non-hydrogen) atoms. The second-order valence-electron chi connectivity index (χ2n) is 6.60. The first-order valence-corrected chi connectivity index (χ1v) is 10.5. The molecule has 0 spiro atoms. The van der Waals surface area contributed by atoms with E-state index in [9.17, 15) is 4.79 Å². The van der Waals surface area contributed by atoms with E-state index in [1.165, 1.54) is 11.3 Å². The van der Waals surface area contributed by atoms with Crippen molar-refractivity contribution in [3.8, 4) is 22.8 Å². The number of thiazole rings is 1. The Morgan fingerprint density at radius 3 is 2.45 bits per heavy atom. The molecule has 0 atom stereocenters. The minimum atomic E-state index is -0.230. The van der Waals surface area contributed by atoms with Crippen molar-refractivity contribution in [2.75, 3.05) is 24.9 Å². The van der Waals surface area contributed by atoms with Crippen molar-refractivity contribution in [1.29, 1.82) is 0 Å². The van der Waals surface area contributed by atoms with Crippen molar-refractivity contribution in [2.24, 2.45) is 0 Å². The van der Waals surface area contributed by atoms with Gasteiger partial charge in [-0.2, -0.15) is 0 Å². The van der Waals surface area contributed by atoms with E-state index in [2.05, 4.69) is 15.6 Å². The Morgan fingerprint density at radius 2 is 1.65 bits per heavy atom. The summed E-state index contributed by atoms with van der Waals surface area (Å²) in [6.07, 6.45) is 0. The molecule has 2 N–H and O–H groups in total. The Morgan fingerprint density at radius 1 is 0.903 bits per heavy atom. The Balaban J connectivity index is 1.52. The second-order valence-corrected chi connectivity index (χ2v) is 7.46. The summed E-state index contributed by atoms with van der Waals surface area (Å²) in [6.45, 7) is 0. The quantitative estimate of drug-likeness (QED) is 0.386. The number of benzene rings is 3. The average Bonchev–Trinajstić information content (AvgIpc) is 3.28. The number of nitrogens with zero attached hydrogens (tertiary/aromatic N) is 1. The maximum atomic E-state index is 12.7. The maximum Gasteiger partial charge on any atom is 0.259 e. The molecule has 1 heterocycles. The molecule has 156 valence electrons. The number of para-hydroxylation sites is 3. The van der Waals surface area contributed by atoms with Gasteiger partial charge >= 0.3 is 0 Å². The normalized spacial score (nSPS) is 10.4. The Kier molecular flexibility index (Phi) is 6.14. The van der Waals surface area contributed by atoms with Gasteiger partial charge in [0.2, 0.25) is 0 Å². The number of amides is 1. The van der Waals surface area contributed by atoms with E-state index in [1.54, 1.807) is 32.4 Å². The van der Waals surface area contributed by atoms with Crippen LogP contribution in [-0.4, -0.2) is 25.1 Å². The van der Waals surface area contributed by atoms with Crippen LogP contribution in [-0.2, 0) is 0 Å². The molecule has 0 saturated heterocycles. The molecule has 4 rings (SSSR count). The zero-order chi connectivity index (χ0) is 21.6. The molecule has 3 aromatic carbocycles. The zero-order valence-corrected chi connectivity index (χ0v) is 17.9. The molecule has 0 aliphatic carbocycles. The number of carbonyl (C=O) groups excluding carboxylic acids is 1. The number of hydrogen-bond acceptors (Lipinski definition) is 6. The monoisotopic (exact) mass is 431 g/mol. The third-order valence-electron chi connectivity index (χ3n) is 4.62. The summed E-state index contributed by atoms with van der Waals surface area (Å²) in [5.74, 6) is 1.05. The lowest BCUT2D eigenvalue weighted by atomic mass is 10.1. The van der Waals surface area contributed by atoms with Crippen LogP contribution in [0.4, 0.5) is 16.5 Å². The summed E-state index contributed by atoms with van der Waals surface area (Å²) in [7, 11) is 3.18. The van der Waals surface area contributed by atoms with E-state index >= 15 is 0 Å². The number of carbonyl (C=O) groups is 1. The van der Waals surface area contributed by atoms with E-state index in [0.717, 1.165) is 27.8 Å². The van der Waals surface area contributed by atoms with Crippen LogP contribution >= 0.6 is 11.3 Å². The van der Waals surface area contributed by atoms with Crippen LogP contribution in [0.1, 0.15) is 10.4 Å². The van der Waals surface area contributed by atoms with Gasteiger partial charge in [-0.25, -0.2) is 4.98 Å². The van der Waals surface area contributed by atoms with Gasteiger partial charge in [-0.15, -0.1) is 11.3 Å². The molecule has 0 fully saturated rings. The lowest BCUT2D eigenvalue weighted by Gasteiger charge is -2.10. The number of methoxy groups -OCH3 is 2. The van der Waals surface area contributed by atoms with Crippen LogP contribution < -0.4 is 20.1 Å². The predicted molar refractivity (Wildman–Crippen MR) is 125 cm³/mol. The van der Waals surface area contributed by atoms with Gasteiger partial charge in [-0.05, 0) is 36.4 Å². The number of hydrogen-bond donors (Lipinski definition) is 2. The van der Waals surface area contributed by atoms with Crippen molar-refractivity contribution >= 4 is 33.8 Å². The van der Waals surface area contributed by atoms with Crippen molar-refractivity contribution in [3.05, 3.63) is 83.7 Å². The Labute approximate surface area is 184 Å². The molecule has 0 bridgehead atoms. The molecule has 1 aromatic heterocycles. The van der Waals surface area contributed by atoms with Crippen LogP contribution in [0, 0.1) is 0 Å². The number of rotatable bonds is 7. The molecule has 0 aliphatic heterocycles. The summed E-state index contributed by atoms with van der Waals surface area (Å²) in [5.41, 5.74) is 3.73. The summed E-state index contributed by atoms with van der Waals surface area (Å²) in [5, 5.41) is 8.95. The van der Waals surface area contributed by atoms with E-state index < -0.39 is 0 Å². The fourth-order valence-corrected chi connectivity index (χ4v) is 3.85. The summed E-state index contributed by atoms with van der Waals surface area (Å²) < 4.78 is 10.7. The predicted octanol–water partition coefficient (Wildman–Crippen LogP) is 5.82. The van der Waals surface area contributed by atoms with Gasteiger partial charge in [0.1, 0.15) is 11.5 Å². The van der Waals surface area contributed by atoms with Gasteiger partial charge in [0, 0.05) is 16.6 Å². The highest BCUT2D eigenvalue weighted by Gasteiger charge is 2.13. The molecule has 7 heteroatoms. The first kappa shape index (κ1) is 20.4. The first-order chi connectivity index (χ1) is 15.2. The molecule has 0 aliphatic rings. The number of ether oxygens (including phenoxy) is 2. The van der Waals surface area contributed by atoms with Crippen LogP contribution in [0.3, 0.4) is 0 Å². The van der Waals surface area contributed by atoms with E-state index in [1.807, 2.05) is 60.0 Å². The second kappa shape index (κ2) is 9.32. The highest BCUT2D eigenvalue weighted by molar-refractivity contribution is 7.14. The lowest BCUT2D eigenvalue weighted by molar-refractivity contribution is 0.102.